The number of Topliss-reactive ketones (excluding diaryl/α,β-unsaturated/α-hetero) is 1. The number of allylic oxidation sites excluding steroid dienone is 3. The van der Waals surface area contributed by atoms with E-state index >= 15 is 0 Å². The predicted molar refractivity (Wildman–Crippen MR) is 155 cm³/mol. The Hall–Kier alpha value is -3.84. The van der Waals surface area contributed by atoms with Crippen molar-refractivity contribution < 1.29 is 23.8 Å². The second-order valence-electron chi connectivity index (χ2n) is 11.1. The van der Waals surface area contributed by atoms with Gasteiger partial charge < -0.3 is 24.5 Å². The van der Waals surface area contributed by atoms with Crippen LogP contribution < -0.4 is 10.1 Å². The number of fused-ring (bicyclic) bond motifs is 1. The number of ether oxygens (including phenoxy) is 3. The summed E-state index contributed by atoms with van der Waals surface area (Å²) in [7, 11) is 1.65. The highest BCUT2D eigenvalue weighted by Crippen LogP contribution is 2.41. The maximum atomic E-state index is 13.0. The summed E-state index contributed by atoms with van der Waals surface area (Å²) in [5, 5.41) is 4.64. The molecule has 0 bridgehead atoms. The predicted octanol–water partition coefficient (Wildman–Crippen LogP) is 6.25. The van der Waals surface area contributed by atoms with Gasteiger partial charge in [-0.2, -0.15) is 0 Å². The van der Waals surface area contributed by atoms with Gasteiger partial charge in [0.2, 0.25) is 0 Å². The van der Waals surface area contributed by atoms with Crippen LogP contribution in [-0.2, 0) is 19.1 Å². The molecule has 3 aliphatic rings. The van der Waals surface area contributed by atoms with Crippen molar-refractivity contribution in [3.05, 3.63) is 88.4 Å². The molecule has 1 fully saturated rings. The second-order valence-corrected chi connectivity index (χ2v) is 11.1. The van der Waals surface area contributed by atoms with E-state index in [1.165, 1.54) is 16.5 Å². The van der Waals surface area contributed by atoms with Crippen LogP contribution in [0.25, 0.3) is 10.9 Å². The van der Waals surface area contributed by atoms with Gasteiger partial charge in [0.05, 0.1) is 18.3 Å². The first-order chi connectivity index (χ1) is 19.3. The summed E-state index contributed by atoms with van der Waals surface area (Å²) in [6.45, 7) is 6.90. The molecule has 0 amide bonds. The van der Waals surface area contributed by atoms with Crippen LogP contribution in [0.3, 0.4) is 0 Å². The van der Waals surface area contributed by atoms with Crippen molar-refractivity contribution in [2.75, 3.05) is 20.3 Å². The molecule has 6 rings (SSSR count). The summed E-state index contributed by atoms with van der Waals surface area (Å²) in [6.07, 6.45) is 5.28. The molecule has 2 N–H and O–H groups in total. The zero-order valence-electron chi connectivity index (χ0n) is 23.8. The fourth-order valence-corrected chi connectivity index (χ4v) is 5.85. The van der Waals surface area contributed by atoms with Crippen molar-refractivity contribution in [3.63, 3.8) is 0 Å². The van der Waals surface area contributed by atoms with Crippen LogP contribution in [-0.4, -0.2) is 42.7 Å². The summed E-state index contributed by atoms with van der Waals surface area (Å²) < 4.78 is 16.7. The Labute approximate surface area is 235 Å². The lowest BCUT2D eigenvalue weighted by Crippen LogP contribution is -2.34. The molecular weight excluding hydrogens is 504 g/mol. The molecule has 1 saturated heterocycles. The van der Waals surface area contributed by atoms with Crippen molar-refractivity contribution in [1.29, 1.82) is 0 Å². The molecule has 0 unspecified atom stereocenters. The van der Waals surface area contributed by atoms with Crippen LogP contribution in [0.2, 0.25) is 0 Å². The van der Waals surface area contributed by atoms with E-state index in [1.807, 2.05) is 44.3 Å². The molecular formula is C33H38N2O5. The number of para-hydroxylation sites is 1. The van der Waals surface area contributed by atoms with E-state index in [9.17, 15) is 9.59 Å². The van der Waals surface area contributed by atoms with Crippen LogP contribution in [0.4, 0.5) is 0 Å². The number of hydrogen-bond acceptors (Lipinski definition) is 6. The number of hydrogen-bond donors (Lipinski definition) is 2. The summed E-state index contributed by atoms with van der Waals surface area (Å²) >= 11 is 0. The monoisotopic (exact) mass is 542 g/mol. The van der Waals surface area contributed by atoms with Crippen LogP contribution in [0.1, 0.15) is 63.0 Å². The molecule has 210 valence electrons. The number of aromatic nitrogens is 1. The van der Waals surface area contributed by atoms with E-state index in [1.54, 1.807) is 7.11 Å². The van der Waals surface area contributed by atoms with Crippen molar-refractivity contribution in [2.45, 2.75) is 64.4 Å². The van der Waals surface area contributed by atoms with E-state index < -0.39 is 5.60 Å². The number of aromatic amines is 1. The number of rotatable bonds is 5. The van der Waals surface area contributed by atoms with E-state index in [-0.39, 0.29) is 24.3 Å². The molecule has 1 aromatic heterocycles. The van der Waals surface area contributed by atoms with Gasteiger partial charge in [-0.15, -0.1) is 0 Å². The van der Waals surface area contributed by atoms with Crippen molar-refractivity contribution in [3.8, 4) is 5.75 Å². The lowest BCUT2D eigenvalue weighted by molar-refractivity contribution is -0.147. The number of aryl methyl sites for hydroxylation is 1. The van der Waals surface area contributed by atoms with Crippen molar-refractivity contribution in [1.82, 2.24) is 10.3 Å². The highest BCUT2D eigenvalue weighted by Gasteiger charge is 2.36. The highest BCUT2D eigenvalue weighted by molar-refractivity contribution is 6.01. The van der Waals surface area contributed by atoms with Gasteiger partial charge in [-0.3, -0.25) is 4.79 Å². The Kier molecular flexibility index (Phi) is 8.12. The fraction of sp³-hybridized carbons (Fsp3) is 0.394. The number of H-pyrrole nitrogens is 1. The summed E-state index contributed by atoms with van der Waals surface area (Å²) in [6, 6.07) is 16.2. The Morgan fingerprint density at radius 3 is 2.67 bits per heavy atom. The minimum absolute atomic E-state index is 0.0562. The van der Waals surface area contributed by atoms with E-state index in [0.29, 0.717) is 37.0 Å². The molecule has 2 aromatic carbocycles. The average molecular weight is 543 g/mol. The maximum Gasteiger partial charge on any atom is 0.336 e. The summed E-state index contributed by atoms with van der Waals surface area (Å²) in [5.41, 5.74) is 6.07. The van der Waals surface area contributed by atoms with Gasteiger partial charge in [0.15, 0.2) is 5.78 Å². The SMILES string of the molecule is COc1ccccc1[C@H]1CC(=O)C2=C(C1)NC(C)=C(C(=O)OC[C@@]1(C)CCCO1)C2.Cc1cccc2[nH]ccc12. The van der Waals surface area contributed by atoms with E-state index in [2.05, 4.69) is 41.5 Å². The Morgan fingerprint density at radius 1 is 1.10 bits per heavy atom. The zero-order chi connectivity index (χ0) is 28.3. The number of carbonyl (C=O) groups is 2. The van der Waals surface area contributed by atoms with Gasteiger partial charge in [-0.05, 0) is 69.4 Å². The molecule has 0 radical (unpaired) electrons. The van der Waals surface area contributed by atoms with Crippen LogP contribution in [0, 0.1) is 6.92 Å². The standard InChI is InChI=1S/C24H29NO5.C9H9N/c1-15-18(23(27)29-14-24(2)9-6-10-30-24)13-19-20(25-15)11-16(12-21(19)26)17-7-4-5-8-22(17)28-3;1-7-3-2-4-9-8(7)5-6-10-9/h4-5,7-8,16,25H,6,9-14H2,1-3H3;2-6,10H,1H3/t16-,24-;/m1./s1. The van der Waals surface area contributed by atoms with Crippen LogP contribution in [0.15, 0.2) is 77.3 Å². The number of benzene rings is 2. The van der Waals surface area contributed by atoms with Gasteiger partial charge in [0, 0.05) is 59.4 Å². The van der Waals surface area contributed by atoms with Gasteiger partial charge in [0.25, 0.3) is 0 Å². The third-order valence-corrected chi connectivity index (χ3v) is 8.17. The summed E-state index contributed by atoms with van der Waals surface area (Å²) in [5.74, 6) is 0.557. The number of dihydropyridines is 1. The molecule has 2 atom stereocenters. The first kappa shape index (κ1) is 27.7. The molecule has 40 heavy (non-hydrogen) atoms. The second kappa shape index (κ2) is 11.7. The number of nitrogens with one attached hydrogen (secondary N) is 2. The third-order valence-electron chi connectivity index (χ3n) is 8.17. The van der Waals surface area contributed by atoms with Crippen LogP contribution in [0.5, 0.6) is 5.75 Å². The third kappa shape index (κ3) is 5.85. The Bertz CT molecular complexity index is 1470. The Balaban J connectivity index is 0.000000269. The molecule has 7 heteroatoms. The first-order valence-corrected chi connectivity index (χ1v) is 14.0. The van der Waals surface area contributed by atoms with Crippen molar-refractivity contribution in [2.24, 2.45) is 0 Å². The van der Waals surface area contributed by atoms with Gasteiger partial charge in [-0.1, -0.05) is 30.3 Å². The molecule has 2 aliphatic heterocycles. The quantitative estimate of drug-likeness (QED) is 0.371. The number of ketones is 1. The smallest absolute Gasteiger partial charge is 0.336 e. The maximum absolute atomic E-state index is 13.0. The number of carbonyl (C=O) groups excluding carboxylic acids is 2. The summed E-state index contributed by atoms with van der Waals surface area (Å²) in [4.78, 5) is 28.9. The number of esters is 1. The minimum atomic E-state index is -0.404. The van der Waals surface area contributed by atoms with Crippen molar-refractivity contribution >= 4 is 22.7 Å². The molecule has 3 heterocycles. The van der Waals surface area contributed by atoms with Gasteiger partial charge in [0.1, 0.15) is 12.4 Å². The van der Waals surface area contributed by atoms with Gasteiger partial charge in [-0.25, -0.2) is 4.79 Å². The molecule has 7 nitrogen and oxygen atoms in total. The molecule has 3 aromatic rings. The zero-order valence-corrected chi connectivity index (χ0v) is 23.8. The average Bonchev–Trinajstić information content (AvgIpc) is 3.62. The van der Waals surface area contributed by atoms with E-state index in [4.69, 9.17) is 14.2 Å². The van der Waals surface area contributed by atoms with Crippen LogP contribution >= 0.6 is 0 Å². The normalized spacial score (nSPS) is 22.4. The highest BCUT2D eigenvalue weighted by atomic mass is 16.6. The molecule has 1 aliphatic carbocycles. The fourth-order valence-electron chi connectivity index (χ4n) is 5.85. The number of methoxy groups -OCH3 is 1. The lowest BCUT2D eigenvalue weighted by Gasteiger charge is -2.32. The lowest BCUT2D eigenvalue weighted by atomic mass is 9.78. The van der Waals surface area contributed by atoms with E-state index in [0.717, 1.165) is 35.5 Å². The molecule has 0 spiro atoms. The molecule has 0 saturated carbocycles. The Morgan fingerprint density at radius 2 is 1.93 bits per heavy atom. The first-order valence-electron chi connectivity index (χ1n) is 14.0. The van der Waals surface area contributed by atoms with Gasteiger partial charge >= 0.3 is 5.97 Å². The minimum Gasteiger partial charge on any atom is -0.496 e. The topological polar surface area (TPSA) is 89.7 Å². The largest absolute Gasteiger partial charge is 0.496 e.